The lowest BCUT2D eigenvalue weighted by Crippen LogP contribution is -2.70. The molecule has 0 aromatic carbocycles. The molecule has 0 aromatic rings. The summed E-state index contributed by atoms with van der Waals surface area (Å²) >= 11 is 0. The van der Waals surface area contributed by atoms with Crippen LogP contribution >= 0.6 is 23.5 Å². The molecule has 18 N–H and O–H groups in total. The Kier molecular flexibility index (Phi) is 59.0. The fraction of sp³-hybridized carbons (Fsp3) is 0.670. The van der Waals surface area contributed by atoms with E-state index >= 15 is 0 Å². The Bertz CT molecular complexity index is 4280. The summed E-state index contributed by atoms with van der Waals surface area (Å²) in [6.45, 7) is 29.6. The number of allylic oxidation sites excluding steroid dienone is 21. The average Bonchev–Trinajstić information content (AvgIpc) is 0.763. The van der Waals surface area contributed by atoms with Crippen LogP contribution in [0.1, 0.15) is 285 Å². The molecule has 2 saturated heterocycles. The van der Waals surface area contributed by atoms with E-state index < -0.39 is 207 Å². The van der Waals surface area contributed by atoms with Gasteiger partial charge in [-0.1, -0.05) is 128 Å². The number of carboxylic acids is 1. The molecule has 0 aromatic heterocycles. The molecule has 40 heteroatoms. The number of nitrogens with two attached hydrogens (primary N) is 1. The summed E-state index contributed by atoms with van der Waals surface area (Å²) in [5.41, 5.74) is 20.3. The summed E-state index contributed by atoms with van der Waals surface area (Å²) in [6.07, 6.45) is 25.8. The summed E-state index contributed by atoms with van der Waals surface area (Å²) in [7, 11) is -17.3. The molecule has 7 amide bonds. The highest BCUT2D eigenvalue weighted by atomic mass is 31.3. The number of nitrogens with one attached hydrogen (secondary N) is 7. The van der Waals surface area contributed by atoms with Gasteiger partial charge in [-0.25, -0.2) is 18.5 Å². The minimum atomic E-state index is -6.00. The molecule has 0 radical (unpaired) electrons. The zero-order chi connectivity index (χ0) is 101. The molecule has 134 heavy (non-hydrogen) atoms. The zero-order valence-electron chi connectivity index (χ0n) is 81.7. The molecule has 37 nitrogen and oxygen atoms in total. The van der Waals surface area contributed by atoms with Crippen molar-refractivity contribution in [3.63, 3.8) is 0 Å². The SMILES string of the molecule is CC(=O)N[C@H]1[C@H](O[C@H]2[C@H](O[C@H](C)C(=O)N[C@@H](C)C(=O)N[C@H](CCC(=O)N[C@@H](CCCCN)C(=O)N[C@H](C)C(=O)N[C@H](C)C(=O)O)C(=O)OP(=O)(O)O)[C@@H](NC(C)=O)[C@@H](OP(=O)(O)OP(=O)(O)OC/C=C(/C)CC/C=C(/C)CC/C=C(/C)CC/C=C(/C)CC/C=C(/C)CC/C=C(/C)CC/C=C(/C)CC/C=C(/C)CC/C=C(\C)CC/C=C(\C)CCC=C(C)C)O[C@@H]2CO)O[C@H](CO)[C@@H](O)[C@@H]1O. The molecule has 0 saturated carbocycles. The summed E-state index contributed by atoms with van der Waals surface area (Å²) in [5, 5.41) is 68.3. The van der Waals surface area contributed by atoms with Gasteiger partial charge in [-0.05, 0) is 271 Å². The maximum Gasteiger partial charge on any atom is 0.527 e. The number of phosphoric acid groups is 3. The van der Waals surface area contributed by atoms with Gasteiger partial charge in [-0.15, -0.1) is 0 Å². The van der Waals surface area contributed by atoms with Gasteiger partial charge in [0.2, 0.25) is 41.4 Å². The number of carboxylic acid groups (broad SMARTS) is 1. The molecule has 2 fully saturated rings. The van der Waals surface area contributed by atoms with E-state index in [-0.39, 0.29) is 19.4 Å². The van der Waals surface area contributed by atoms with Crippen molar-refractivity contribution in [1.82, 2.24) is 37.2 Å². The molecule has 0 spiro atoms. The third-order valence-corrected chi connectivity index (χ3v) is 25.3. The number of ether oxygens (including phenoxy) is 4. The number of unbranched alkanes of at least 4 members (excludes halogenated alkanes) is 1. The van der Waals surface area contributed by atoms with Gasteiger partial charge in [0.25, 0.3) is 0 Å². The van der Waals surface area contributed by atoms with Crippen LogP contribution < -0.4 is 43.0 Å². The molecule has 762 valence electrons. The van der Waals surface area contributed by atoms with Crippen LogP contribution in [0.3, 0.4) is 0 Å². The molecule has 2 unspecified atom stereocenters. The number of amides is 7. The highest BCUT2D eigenvalue weighted by Gasteiger charge is 2.55. The lowest BCUT2D eigenvalue weighted by Gasteiger charge is -2.49. The Morgan fingerprint density at radius 2 is 0.799 bits per heavy atom. The lowest BCUT2D eigenvalue weighted by molar-refractivity contribution is -0.331. The van der Waals surface area contributed by atoms with E-state index in [9.17, 15) is 102 Å². The fourth-order valence-corrected chi connectivity index (χ4v) is 16.7. The van der Waals surface area contributed by atoms with Crippen molar-refractivity contribution in [3.05, 3.63) is 128 Å². The standard InChI is InChI=1S/C94H157N8O29P3/c1-59(2)31-21-32-60(3)33-22-34-61(4)35-23-36-62(5)37-24-38-63(6)39-25-40-64(7)41-26-42-65(8)43-27-44-66(9)45-28-46-67(10)47-29-48-68(11)49-30-50-69(12)54-56-124-133(120,121)131-134(122,123)130-94-82(100-75(18)106)86(85(79(58-104)127-94)128-93-81(99-74(17)105)84(109)83(108)78(57-103)126-93)125-73(16)89(112)96-71(14)88(111)102-77(92(116)129-132(117,118)119)52-53-80(107)101-76(51-19-20-55-95)90(113)97-70(13)87(110)98-72(15)91(114)115/h31,33,35,37,39,41,43,45,47,49,54,70-73,76-79,81-86,93-94,103-104,108-109H,19-30,32,34,36,38,40,42,44,46,48,50-53,55-58,95H2,1-18H3,(H,96,112)(H,97,113)(H,98,110)(H,99,105)(H,100,106)(H,101,107)(H,102,111)(H,114,115)(H,120,121)(H,122,123)(H2,117,118,119)/b60-33+,61-35+,62-37-,63-39-,64-41-,65-43-,66-45-,67-47-,68-49-,69-54-/t70-,71+,72-,73-,76+,77-,78-,79-,81-,82-,83-,84-,85-,86-,93+,94-/m1/s1. The van der Waals surface area contributed by atoms with Crippen LogP contribution in [0.4, 0.5) is 0 Å². The maximum absolute atomic E-state index is 14.2. The molecule has 0 aliphatic carbocycles. The van der Waals surface area contributed by atoms with Crippen LogP contribution in [0.25, 0.3) is 0 Å². The minimum absolute atomic E-state index is 0.0646. The van der Waals surface area contributed by atoms with E-state index in [4.69, 9.17) is 33.7 Å². The Morgan fingerprint density at radius 1 is 0.418 bits per heavy atom. The Balaban J connectivity index is 2.14. The second-order valence-corrected chi connectivity index (χ2v) is 39.4. The van der Waals surface area contributed by atoms with Crippen LogP contribution in [0.5, 0.6) is 0 Å². The second kappa shape index (κ2) is 64.6. The fourth-order valence-electron chi connectivity index (χ4n) is 14.2. The highest BCUT2D eigenvalue weighted by molar-refractivity contribution is 7.61. The zero-order valence-corrected chi connectivity index (χ0v) is 84.4. The number of hydrogen-bond donors (Lipinski definition) is 17. The van der Waals surface area contributed by atoms with Gasteiger partial charge in [0.15, 0.2) is 12.6 Å². The Labute approximate surface area is 791 Å². The molecule has 2 aliphatic heterocycles. The van der Waals surface area contributed by atoms with E-state index in [1.165, 1.54) is 70.1 Å². The number of aliphatic hydroxyl groups excluding tert-OH is 4. The van der Waals surface area contributed by atoms with E-state index in [0.29, 0.717) is 24.8 Å². The first kappa shape index (κ1) is 122. The summed E-state index contributed by atoms with van der Waals surface area (Å²) in [5.74, 6) is -10.4. The average molecular weight is 1960 g/mol. The van der Waals surface area contributed by atoms with E-state index in [0.717, 1.165) is 149 Å². The number of hydrogen-bond acceptors (Lipinski definition) is 25. The van der Waals surface area contributed by atoms with Gasteiger partial charge in [-0.2, -0.15) is 4.31 Å². The van der Waals surface area contributed by atoms with Crippen molar-refractivity contribution >= 4 is 76.8 Å². The molecular weight excluding hydrogens is 1800 g/mol. The maximum atomic E-state index is 14.2. The molecule has 0 bridgehead atoms. The van der Waals surface area contributed by atoms with Crippen molar-refractivity contribution in [3.8, 4) is 0 Å². The van der Waals surface area contributed by atoms with Crippen LogP contribution in [-0.4, -0.2) is 222 Å². The summed E-state index contributed by atoms with van der Waals surface area (Å²) < 4.78 is 82.5. The van der Waals surface area contributed by atoms with Gasteiger partial charge in [-0.3, -0.25) is 57.2 Å². The van der Waals surface area contributed by atoms with Crippen LogP contribution in [0.15, 0.2) is 128 Å². The third kappa shape index (κ3) is 52.8. The normalized spacial score (nSPS) is 22.2. The Morgan fingerprint density at radius 3 is 1.19 bits per heavy atom. The number of phosphoric ester groups is 3. The molecule has 2 aliphatic rings. The predicted molar refractivity (Wildman–Crippen MR) is 510 cm³/mol. The monoisotopic (exact) mass is 1960 g/mol. The van der Waals surface area contributed by atoms with Crippen molar-refractivity contribution in [2.75, 3.05) is 26.4 Å². The number of aliphatic carboxylic acids is 1. The van der Waals surface area contributed by atoms with Gasteiger partial charge in [0.1, 0.15) is 85.0 Å². The van der Waals surface area contributed by atoms with E-state index in [1.54, 1.807) is 6.92 Å². The summed E-state index contributed by atoms with van der Waals surface area (Å²) in [4.78, 5) is 159. The van der Waals surface area contributed by atoms with Crippen molar-refractivity contribution in [1.29, 1.82) is 0 Å². The minimum Gasteiger partial charge on any atom is -0.480 e. The highest BCUT2D eigenvalue weighted by Crippen LogP contribution is 2.61. The molecule has 18 atom stereocenters. The Hall–Kier alpha value is -7.58. The van der Waals surface area contributed by atoms with Crippen molar-refractivity contribution in [2.24, 2.45) is 5.73 Å². The first-order chi connectivity index (χ1) is 62.8. The van der Waals surface area contributed by atoms with E-state index in [1.807, 2.05) is 6.92 Å². The second-order valence-electron chi connectivity index (χ2n) is 35.3. The van der Waals surface area contributed by atoms with Crippen LogP contribution in [0.2, 0.25) is 0 Å². The number of aliphatic hydroxyl groups is 4. The quantitative estimate of drug-likeness (QED) is 0.0153. The van der Waals surface area contributed by atoms with Crippen molar-refractivity contribution in [2.45, 2.75) is 383 Å². The van der Waals surface area contributed by atoms with Crippen LogP contribution in [-0.2, 0) is 93.7 Å². The number of carbonyl (C=O) groups excluding carboxylic acids is 8. The molecule has 2 rings (SSSR count). The molecule has 2 heterocycles. The smallest absolute Gasteiger partial charge is 0.480 e. The number of carbonyl (C=O) groups is 9. The first-order valence-corrected chi connectivity index (χ1v) is 50.7. The van der Waals surface area contributed by atoms with Gasteiger partial charge >= 0.3 is 35.4 Å². The third-order valence-electron chi connectivity index (χ3n) is 22.3. The number of rotatable bonds is 64. The van der Waals surface area contributed by atoms with Gasteiger partial charge in [0, 0.05) is 20.3 Å². The van der Waals surface area contributed by atoms with Crippen LogP contribution in [0, 0.1) is 0 Å². The van der Waals surface area contributed by atoms with Gasteiger partial charge in [0.05, 0.1) is 19.8 Å². The van der Waals surface area contributed by atoms with E-state index in [2.05, 4.69) is 176 Å². The van der Waals surface area contributed by atoms with Crippen molar-refractivity contribution < 1.29 is 139 Å². The topological polar surface area (TPSA) is 571 Å². The predicted octanol–water partition coefficient (Wildman–Crippen LogP) is 11.9. The molecular formula is C94H157N8O29P3. The lowest BCUT2D eigenvalue weighted by atomic mass is 9.94. The largest absolute Gasteiger partial charge is 0.527 e. The first-order valence-electron chi connectivity index (χ1n) is 46.2. The van der Waals surface area contributed by atoms with Gasteiger partial charge < -0.3 is 102 Å². The summed E-state index contributed by atoms with van der Waals surface area (Å²) in [6, 6.07) is -11.7.